The Hall–Kier alpha value is -1.40. The van der Waals surface area contributed by atoms with Crippen LogP contribution in [0.5, 0.6) is 0 Å². The smallest absolute Gasteiger partial charge is 0.317 e. The van der Waals surface area contributed by atoms with Crippen molar-refractivity contribution in [3.05, 3.63) is 21.4 Å². The lowest BCUT2D eigenvalue weighted by Crippen LogP contribution is -2.49. The van der Waals surface area contributed by atoms with Crippen molar-refractivity contribution in [3.63, 3.8) is 0 Å². The Morgan fingerprint density at radius 3 is 2.37 bits per heavy atom. The van der Waals surface area contributed by atoms with Gasteiger partial charge in [-0.15, -0.1) is 11.3 Å². The Morgan fingerprint density at radius 1 is 1.26 bits per heavy atom. The van der Waals surface area contributed by atoms with Gasteiger partial charge in [0.1, 0.15) is 0 Å². The summed E-state index contributed by atoms with van der Waals surface area (Å²) in [7, 11) is 0. The number of thiophene rings is 1. The number of carbonyl (C=O) groups excluding carboxylic acids is 1. The molecular weight excluding hydrogens is 264 g/mol. The second-order valence-electron chi connectivity index (χ2n) is 4.79. The summed E-state index contributed by atoms with van der Waals surface area (Å²) >= 11 is 1.63. The minimum absolute atomic E-state index is 0.0542. The van der Waals surface area contributed by atoms with Crippen LogP contribution in [0.3, 0.4) is 0 Å². The van der Waals surface area contributed by atoms with Gasteiger partial charge in [-0.3, -0.25) is 14.5 Å². The molecule has 0 bridgehead atoms. The Kier molecular flexibility index (Phi) is 4.21. The van der Waals surface area contributed by atoms with E-state index >= 15 is 0 Å². The molecule has 0 saturated carbocycles. The van der Waals surface area contributed by atoms with Crippen LogP contribution in [0.25, 0.3) is 0 Å². The lowest BCUT2D eigenvalue weighted by Gasteiger charge is -2.33. The normalized spacial score (nSPS) is 16.6. The van der Waals surface area contributed by atoms with Crippen molar-refractivity contribution < 1.29 is 14.7 Å². The van der Waals surface area contributed by atoms with Gasteiger partial charge in [-0.1, -0.05) is 0 Å². The van der Waals surface area contributed by atoms with Gasteiger partial charge in [0.15, 0.2) is 0 Å². The maximum Gasteiger partial charge on any atom is 0.317 e. The molecule has 0 aliphatic carbocycles. The number of nitrogens with zero attached hydrogens (tertiary/aromatic N) is 2. The summed E-state index contributed by atoms with van der Waals surface area (Å²) < 4.78 is 0. The van der Waals surface area contributed by atoms with Crippen LogP contribution in [0.15, 0.2) is 6.07 Å². The number of aliphatic carboxylic acids is 1. The van der Waals surface area contributed by atoms with E-state index in [-0.39, 0.29) is 12.5 Å². The quantitative estimate of drug-likeness (QED) is 0.905. The highest BCUT2D eigenvalue weighted by Gasteiger charge is 2.24. The number of amides is 1. The number of aryl methyl sites for hydroxylation is 2. The molecule has 2 heterocycles. The predicted octanol–water partition coefficient (Wildman–Crippen LogP) is 1.21. The zero-order valence-electron chi connectivity index (χ0n) is 11.2. The Labute approximate surface area is 116 Å². The molecule has 1 saturated heterocycles. The molecule has 0 spiro atoms. The van der Waals surface area contributed by atoms with Crippen molar-refractivity contribution >= 4 is 23.2 Å². The Bertz CT molecular complexity index is 490. The monoisotopic (exact) mass is 282 g/mol. The number of carbonyl (C=O) groups is 2. The summed E-state index contributed by atoms with van der Waals surface area (Å²) in [5.41, 5.74) is 0.786. The number of hydrogen-bond acceptors (Lipinski definition) is 4. The van der Waals surface area contributed by atoms with Crippen molar-refractivity contribution in [2.24, 2.45) is 0 Å². The van der Waals surface area contributed by atoms with Gasteiger partial charge in [-0.2, -0.15) is 0 Å². The van der Waals surface area contributed by atoms with Crippen LogP contribution in [0.1, 0.15) is 20.1 Å². The maximum absolute atomic E-state index is 12.4. The van der Waals surface area contributed by atoms with Crippen LogP contribution in [0.4, 0.5) is 0 Å². The first-order valence-corrected chi connectivity index (χ1v) is 7.09. The molecule has 2 rings (SSSR count). The lowest BCUT2D eigenvalue weighted by atomic mass is 10.2. The fraction of sp³-hybridized carbons (Fsp3) is 0.538. The van der Waals surface area contributed by atoms with E-state index in [1.807, 2.05) is 29.7 Å². The molecule has 0 atom stereocenters. The molecule has 0 radical (unpaired) electrons. The second kappa shape index (κ2) is 5.71. The molecule has 1 aliphatic heterocycles. The summed E-state index contributed by atoms with van der Waals surface area (Å²) in [6.07, 6.45) is 0. The largest absolute Gasteiger partial charge is 0.480 e. The van der Waals surface area contributed by atoms with Gasteiger partial charge < -0.3 is 10.0 Å². The van der Waals surface area contributed by atoms with Crippen LogP contribution in [-0.4, -0.2) is 59.5 Å². The number of piperazine rings is 1. The number of rotatable bonds is 3. The van der Waals surface area contributed by atoms with E-state index in [1.54, 1.807) is 11.3 Å². The third-order valence-electron chi connectivity index (χ3n) is 3.29. The third kappa shape index (κ3) is 3.33. The molecule has 0 unspecified atom stereocenters. The molecule has 5 nitrogen and oxygen atoms in total. The van der Waals surface area contributed by atoms with Crippen LogP contribution < -0.4 is 0 Å². The van der Waals surface area contributed by atoms with Gasteiger partial charge >= 0.3 is 5.97 Å². The van der Waals surface area contributed by atoms with Crippen molar-refractivity contribution in [1.82, 2.24) is 9.80 Å². The highest BCUT2D eigenvalue weighted by Crippen LogP contribution is 2.22. The summed E-state index contributed by atoms with van der Waals surface area (Å²) in [6, 6.07) is 1.94. The average Bonchev–Trinajstić information content (AvgIpc) is 2.68. The minimum atomic E-state index is -0.816. The number of carboxylic acid groups (broad SMARTS) is 1. The molecule has 1 fully saturated rings. The van der Waals surface area contributed by atoms with E-state index in [0.29, 0.717) is 26.2 Å². The van der Waals surface area contributed by atoms with Gasteiger partial charge in [0.25, 0.3) is 5.91 Å². The fourth-order valence-corrected chi connectivity index (χ4v) is 3.23. The highest BCUT2D eigenvalue weighted by molar-refractivity contribution is 7.12. The summed E-state index contributed by atoms with van der Waals surface area (Å²) in [6.45, 7) is 6.46. The van der Waals surface area contributed by atoms with E-state index in [2.05, 4.69) is 0 Å². The van der Waals surface area contributed by atoms with Gasteiger partial charge in [-0.05, 0) is 19.9 Å². The second-order valence-corrected chi connectivity index (χ2v) is 6.25. The first kappa shape index (κ1) is 14.0. The first-order valence-electron chi connectivity index (χ1n) is 6.28. The van der Waals surface area contributed by atoms with Crippen LogP contribution in [0.2, 0.25) is 0 Å². The van der Waals surface area contributed by atoms with E-state index in [0.717, 1.165) is 15.3 Å². The van der Waals surface area contributed by atoms with E-state index in [4.69, 9.17) is 5.11 Å². The standard InChI is InChI=1S/C13H18N2O3S/c1-9-7-11(10(2)19-9)13(18)15-5-3-14(4-6-15)8-12(16)17/h7H,3-6,8H2,1-2H3,(H,16,17). The van der Waals surface area contributed by atoms with Gasteiger partial charge in [0, 0.05) is 35.9 Å². The molecule has 104 valence electrons. The van der Waals surface area contributed by atoms with Crippen molar-refractivity contribution in [1.29, 1.82) is 0 Å². The number of hydrogen-bond donors (Lipinski definition) is 1. The third-order valence-corrected chi connectivity index (χ3v) is 4.26. The topological polar surface area (TPSA) is 60.9 Å². The summed E-state index contributed by atoms with van der Waals surface area (Å²) in [5.74, 6) is -0.749. The van der Waals surface area contributed by atoms with Gasteiger partial charge in [0.2, 0.25) is 0 Å². The molecule has 1 N–H and O–H groups in total. The summed E-state index contributed by atoms with van der Waals surface area (Å²) in [5, 5.41) is 8.74. The SMILES string of the molecule is Cc1cc(C(=O)N2CCN(CC(=O)O)CC2)c(C)s1. The average molecular weight is 282 g/mol. The molecule has 6 heteroatoms. The lowest BCUT2D eigenvalue weighted by molar-refractivity contribution is -0.138. The molecule has 1 amide bonds. The van der Waals surface area contributed by atoms with E-state index in [9.17, 15) is 9.59 Å². The maximum atomic E-state index is 12.4. The predicted molar refractivity (Wildman–Crippen MR) is 73.8 cm³/mol. The molecule has 19 heavy (non-hydrogen) atoms. The molecule has 0 aromatic carbocycles. The van der Waals surface area contributed by atoms with Gasteiger partial charge in [0.05, 0.1) is 12.1 Å². The van der Waals surface area contributed by atoms with E-state index in [1.165, 1.54) is 0 Å². The van der Waals surface area contributed by atoms with Gasteiger partial charge in [-0.25, -0.2) is 0 Å². The highest BCUT2D eigenvalue weighted by atomic mass is 32.1. The zero-order valence-corrected chi connectivity index (χ0v) is 12.0. The molecule has 1 aromatic heterocycles. The minimum Gasteiger partial charge on any atom is -0.480 e. The Balaban J connectivity index is 1.96. The van der Waals surface area contributed by atoms with Crippen molar-refractivity contribution in [3.8, 4) is 0 Å². The number of carboxylic acids is 1. The van der Waals surface area contributed by atoms with Crippen LogP contribution >= 0.6 is 11.3 Å². The zero-order chi connectivity index (χ0) is 14.0. The Morgan fingerprint density at radius 2 is 1.89 bits per heavy atom. The molecular formula is C13H18N2O3S. The fourth-order valence-electron chi connectivity index (χ4n) is 2.31. The first-order chi connectivity index (χ1) is 8.97. The van der Waals surface area contributed by atoms with Crippen LogP contribution in [0, 0.1) is 13.8 Å². The van der Waals surface area contributed by atoms with Crippen molar-refractivity contribution in [2.75, 3.05) is 32.7 Å². The van der Waals surface area contributed by atoms with Crippen molar-refractivity contribution in [2.45, 2.75) is 13.8 Å². The van der Waals surface area contributed by atoms with E-state index < -0.39 is 5.97 Å². The van der Waals surface area contributed by atoms with Crippen LogP contribution in [-0.2, 0) is 4.79 Å². The molecule has 1 aliphatic rings. The molecule has 1 aromatic rings. The summed E-state index contributed by atoms with van der Waals surface area (Å²) in [4.78, 5) is 28.9.